The van der Waals surface area contributed by atoms with Gasteiger partial charge >= 0.3 is 5.97 Å². The average molecular weight is 290 g/mol. The molecule has 6 nitrogen and oxygen atoms in total. The predicted octanol–water partition coefficient (Wildman–Crippen LogP) is 1.55. The number of benzene rings is 1. The zero-order valence-electron chi connectivity index (χ0n) is 11.8. The van der Waals surface area contributed by atoms with Crippen LogP contribution < -0.4 is 10.6 Å². The number of carbonyl (C=O) groups is 3. The van der Waals surface area contributed by atoms with Gasteiger partial charge < -0.3 is 15.7 Å². The van der Waals surface area contributed by atoms with E-state index in [0.29, 0.717) is 30.5 Å². The van der Waals surface area contributed by atoms with E-state index in [1.807, 2.05) is 6.92 Å². The van der Waals surface area contributed by atoms with E-state index < -0.39 is 5.97 Å². The molecule has 0 radical (unpaired) electrons. The number of hydrogen-bond acceptors (Lipinski definition) is 3. The standard InChI is InChI=1S/C15H18N2O4/c1-9(3-2-4-14(19)20)16-15(21)11-6-5-10-8-13(18)17-12(10)7-11/h5-7,9H,2-4,8H2,1H3,(H,16,21)(H,17,18)(H,19,20). The second kappa shape index (κ2) is 6.39. The number of amides is 2. The molecule has 1 atom stereocenters. The van der Waals surface area contributed by atoms with Gasteiger partial charge in [0.15, 0.2) is 0 Å². The first-order valence-corrected chi connectivity index (χ1v) is 6.91. The number of carboxylic acids is 1. The Morgan fingerprint density at radius 3 is 2.90 bits per heavy atom. The van der Waals surface area contributed by atoms with Crippen LogP contribution in [0.4, 0.5) is 5.69 Å². The number of rotatable bonds is 6. The van der Waals surface area contributed by atoms with Gasteiger partial charge in [-0.1, -0.05) is 6.07 Å². The summed E-state index contributed by atoms with van der Waals surface area (Å²) in [5, 5.41) is 14.1. The Morgan fingerprint density at radius 2 is 2.19 bits per heavy atom. The molecule has 6 heteroatoms. The Hall–Kier alpha value is -2.37. The quantitative estimate of drug-likeness (QED) is 0.740. The molecule has 112 valence electrons. The second-order valence-corrected chi connectivity index (χ2v) is 5.26. The predicted molar refractivity (Wildman–Crippen MR) is 77.2 cm³/mol. The lowest BCUT2D eigenvalue weighted by Gasteiger charge is -2.13. The van der Waals surface area contributed by atoms with E-state index in [1.165, 1.54) is 0 Å². The molecule has 3 N–H and O–H groups in total. The highest BCUT2D eigenvalue weighted by molar-refractivity contribution is 6.02. The molecule has 21 heavy (non-hydrogen) atoms. The van der Waals surface area contributed by atoms with Crippen molar-refractivity contribution in [3.05, 3.63) is 29.3 Å². The lowest BCUT2D eigenvalue weighted by molar-refractivity contribution is -0.137. The molecule has 0 spiro atoms. The molecule has 2 rings (SSSR count). The first-order valence-electron chi connectivity index (χ1n) is 6.91. The Bertz CT molecular complexity index is 583. The normalized spacial score (nSPS) is 14.2. The highest BCUT2D eigenvalue weighted by atomic mass is 16.4. The van der Waals surface area contributed by atoms with Crippen LogP contribution in [0.15, 0.2) is 18.2 Å². The largest absolute Gasteiger partial charge is 0.481 e. The van der Waals surface area contributed by atoms with Crippen LogP contribution in [0.25, 0.3) is 0 Å². The fraction of sp³-hybridized carbons (Fsp3) is 0.400. The summed E-state index contributed by atoms with van der Waals surface area (Å²) < 4.78 is 0. The molecule has 1 heterocycles. The molecule has 1 aromatic rings. The average Bonchev–Trinajstić information content (AvgIpc) is 2.76. The molecule has 0 aromatic heterocycles. The number of fused-ring (bicyclic) bond motifs is 1. The van der Waals surface area contributed by atoms with Crippen molar-refractivity contribution < 1.29 is 19.5 Å². The number of anilines is 1. The Kier molecular flexibility index (Phi) is 4.57. The van der Waals surface area contributed by atoms with Gasteiger partial charge in [0.05, 0.1) is 6.42 Å². The van der Waals surface area contributed by atoms with E-state index in [0.717, 1.165) is 5.56 Å². The minimum Gasteiger partial charge on any atom is -0.481 e. The first-order chi connectivity index (χ1) is 9.95. The van der Waals surface area contributed by atoms with Crippen LogP contribution in [0.2, 0.25) is 0 Å². The summed E-state index contributed by atoms with van der Waals surface area (Å²) in [5.74, 6) is -1.12. The summed E-state index contributed by atoms with van der Waals surface area (Å²) in [7, 11) is 0. The summed E-state index contributed by atoms with van der Waals surface area (Å²) in [6.07, 6.45) is 1.59. The zero-order chi connectivity index (χ0) is 15.4. The van der Waals surface area contributed by atoms with Gasteiger partial charge in [-0.2, -0.15) is 0 Å². The third-order valence-corrected chi connectivity index (χ3v) is 3.40. The van der Waals surface area contributed by atoms with Crippen LogP contribution >= 0.6 is 0 Å². The van der Waals surface area contributed by atoms with Crippen molar-refractivity contribution >= 4 is 23.5 Å². The van der Waals surface area contributed by atoms with Crippen LogP contribution in [-0.4, -0.2) is 28.9 Å². The van der Waals surface area contributed by atoms with Gasteiger partial charge in [-0.05, 0) is 37.5 Å². The minimum atomic E-state index is -0.831. The maximum absolute atomic E-state index is 12.1. The summed E-state index contributed by atoms with van der Waals surface area (Å²) in [5.41, 5.74) is 2.07. The SMILES string of the molecule is CC(CCCC(=O)O)NC(=O)c1ccc2c(c1)NC(=O)C2. The van der Waals surface area contributed by atoms with Crippen molar-refractivity contribution in [3.8, 4) is 0 Å². The van der Waals surface area contributed by atoms with Crippen LogP contribution in [0, 0.1) is 0 Å². The Labute approximate surface area is 122 Å². The number of carbonyl (C=O) groups excluding carboxylic acids is 2. The Morgan fingerprint density at radius 1 is 1.43 bits per heavy atom. The molecule has 0 fully saturated rings. The third kappa shape index (κ3) is 4.05. The van der Waals surface area contributed by atoms with Crippen molar-refractivity contribution in [2.24, 2.45) is 0 Å². The molecule has 1 unspecified atom stereocenters. The maximum atomic E-state index is 12.1. The van der Waals surface area contributed by atoms with Gasteiger partial charge in [0, 0.05) is 23.7 Å². The van der Waals surface area contributed by atoms with Crippen LogP contribution in [-0.2, 0) is 16.0 Å². The molecule has 2 amide bonds. The summed E-state index contributed by atoms with van der Waals surface area (Å²) >= 11 is 0. The maximum Gasteiger partial charge on any atom is 0.303 e. The van der Waals surface area contributed by atoms with Crippen LogP contribution in [0.5, 0.6) is 0 Å². The lowest BCUT2D eigenvalue weighted by atomic mass is 10.1. The summed E-state index contributed by atoms with van der Waals surface area (Å²) in [6, 6.07) is 5.04. The molecular formula is C15H18N2O4. The molecule has 0 saturated heterocycles. The smallest absolute Gasteiger partial charge is 0.303 e. The fourth-order valence-corrected chi connectivity index (χ4v) is 2.29. The number of carboxylic acid groups (broad SMARTS) is 1. The van der Waals surface area contributed by atoms with Crippen molar-refractivity contribution in [3.63, 3.8) is 0 Å². The van der Waals surface area contributed by atoms with Crippen molar-refractivity contribution in [2.75, 3.05) is 5.32 Å². The van der Waals surface area contributed by atoms with E-state index in [1.54, 1.807) is 18.2 Å². The van der Waals surface area contributed by atoms with Crippen molar-refractivity contribution in [1.82, 2.24) is 5.32 Å². The molecule has 1 aliphatic heterocycles. The topological polar surface area (TPSA) is 95.5 Å². The molecule has 0 bridgehead atoms. The van der Waals surface area contributed by atoms with E-state index >= 15 is 0 Å². The molecule has 1 aromatic carbocycles. The van der Waals surface area contributed by atoms with Gasteiger partial charge in [-0.15, -0.1) is 0 Å². The van der Waals surface area contributed by atoms with Crippen molar-refractivity contribution in [1.29, 1.82) is 0 Å². The minimum absolute atomic E-state index is 0.0652. The molecule has 1 aliphatic rings. The van der Waals surface area contributed by atoms with Gasteiger partial charge in [0.2, 0.25) is 5.91 Å². The Balaban J connectivity index is 1.90. The zero-order valence-corrected chi connectivity index (χ0v) is 11.8. The number of hydrogen-bond donors (Lipinski definition) is 3. The number of aliphatic carboxylic acids is 1. The lowest BCUT2D eigenvalue weighted by Crippen LogP contribution is -2.32. The van der Waals surface area contributed by atoms with Crippen LogP contribution in [0.1, 0.15) is 42.1 Å². The second-order valence-electron chi connectivity index (χ2n) is 5.26. The van der Waals surface area contributed by atoms with Gasteiger partial charge in [0.25, 0.3) is 5.91 Å². The molecular weight excluding hydrogens is 272 g/mol. The fourth-order valence-electron chi connectivity index (χ4n) is 2.29. The van der Waals surface area contributed by atoms with E-state index in [9.17, 15) is 14.4 Å². The highest BCUT2D eigenvalue weighted by Crippen LogP contribution is 2.24. The first kappa shape index (κ1) is 15.0. The third-order valence-electron chi connectivity index (χ3n) is 3.40. The van der Waals surface area contributed by atoms with Crippen LogP contribution in [0.3, 0.4) is 0 Å². The number of nitrogens with one attached hydrogen (secondary N) is 2. The molecule has 0 saturated carbocycles. The summed E-state index contributed by atoms with van der Waals surface area (Å²) in [4.78, 5) is 33.8. The van der Waals surface area contributed by atoms with E-state index in [2.05, 4.69) is 10.6 Å². The molecule has 0 aliphatic carbocycles. The monoisotopic (exact) mass is 290 g/mol. The van der Waals surface area contributed by atoms with Crippen molar-refractivity contribution in [2.45, 2.75) is 38.6 Å². The van der Waals surface area contributed by atoms with E-state index in [4.69, 9.17) is 5.11 Å². The highest BCUT2D eigenvalue weighted by Gasteiger charge is 2.19. The summed E-state index contributed by atoms with van der Waals surface area (Å²) in [6.45, 7) is 1.84. The van der Waals surface area contributed by atoms with E-state index in [-0.39, 0.29) is 24.3 Å². The van der Waals surface area contributed by atoms with Gasteiger partial charge in [-0.3, -0.25) is 14.4 Å². The van der Waals surface area contributed by atoms with Gasteiger partial charge in [-0.25, -0.2) is 0 Å². The van der Waals surface area contributed by atoms with Gasteiger partial charge in [0.1, 0.15) is 0 Å².